The lowest BCUT2D eigenvalue weighted by molar-refractivity contribution is 0.568. The van der Waals surface area contributed by atoms with E-state index in [9.17, 15) is 17.2 Å². The van der Waals surface area contributed by atoms with Crippen molar-refractivity contribution in [3.8, 4) is 0 Å². The van der Waals surface area contributed by atoms with Gasteiger partial charge in [0.1, 0.15) is 11.6 Å². The second-order valence-corrected chi connectivity index (χ2v) is 6.81. The van der Waals surface area contributed by atoms with Gasteiger partial charge in [-0.15, -0.1) is 0 Å². The van der Waals surface area contributed by atoms with Gasteiger partial charge in [-0.2, -0.15) is 5.10 Å². The minimum Gasteiger partial charge on any atom is -0.276 e. The number of nitrogens with zero attached hydrogens (tertiary/aromatic N) is 2. The first-order chi connectivity index (χ1) is 11.4. The van der Waals surface area contributed by atoms with E-state index in [0.717, 1.165) is 17.7 Å². The molecule has 24 heavy (non-hydrogen) atoms. The van der Waals surface area contributed by atoms with Crippen molar-refractivity contribution in [2.24, 2.45) is 0 Å². The summed E-state index contributed by atoms with van der Waals surface area (Å²) >= 11 is 0. The Morgan fingerprint density at radius 3 is 2.38 bits per heavy atom. The fourth-order valence-corrected chi connectivity index (χ4v) is 3.24. The van der Waals surface area contributed by atoms with Crippen molar-refractivity contribution in [2.75, 3.05) is 4.72 Å². The third-order valence-corrected chi connectivity index (χ3v) is 4.58. The van der Waals surface area contributed by atoms with Crippen molar-refractivity contribution in [2.45, 2.75) is 11.4 Å². The lowest BCUT2D eigenvalue weighted by Gasteiger charge is -2.06. The molecule has 0 radical (unpaired) electrons. The second kappa shape index (κ2) is 6.40. The number of rotatable bonds is 5. The second-order valence-electron chi connectivity index (χ2n) is 5.12. The average Bonchev–Trinajstić information content (AvgIpc) is 2.93. The van der Waals surface area contributed by atoms with Gasteiger partial charge in [0.25, 0.3) is 10.0 Å². The fourth-order valence-electron chi connectivity index (χ4n) is 2.17. The molecule has 3 aromatic rings. The van der Waals surface area contributed by atoms with Crippen molar-refractivity contribution in [1.82, 2.24) is 9.78 Å². The predicted molar refractivity (Wildman–Crippen MR) is 84.9 cm³/mol. The molecule has 0 amide bonds. The molecule has 5 nitrogen and oxygen atoms in total. The maximum absolute atomic E-state index is 13.2. The number of anilines is 1. The van der Waals surface area contributed by atoms with Crippen LogP contribution in [0.25, 0.3) is 0 Å². The van der Waals surface area contributed by atoms with Gasteiger partial charge in [-0.1, -0.05) is 30.3 Å². The zero-order valence-corrected chi connectivity index (χ0v) is 13.2. The molecule has 0 aliphatic heterocycles. The molecule has 0 bridgehead atoms. The fraction of sp³-hybridized carbons (Fsp3) is 0.0625. The first kappa shape index (κ1) is 16.1. The highest BCUT2D eigenvalue weighted by molar-refractivity contribution is 7.92. The molecule has 1 heterocycles. The number of sulfonamides is 1. The van der Waals surface area contributed by atoms with Crippen LogP contribution >= 0.6 is 0 Å². The summed E-state index contributed by atoms with van der Waals surface area (Å²) in [5, 5.41) is 4.07. The molecule has 1 N–H and O–H groups in total. The van der Waals surface area contributed by atoms with Gasteiger partial charge >= 0.3 is 0 Å². The van der Waals surface area contributed by atoms with Crippen LogP contribution in [0.4, 0.5) is 14.5 Å². The van der Waals surface area contributed by atoms with Gasteiger partial charge in [0.15, 0.2) is 0 Å². The van der Waals surface area contributed by atoms with Crippen LogP contribution in [-0.2, 0) is 16.6 Å². The van der Waals surface area contributed by atoms with Crippen LogP contribution in [-0.4, -0.2) is 18.2 Å². The van der Waals surface area contributed by atoms with E-state index in [1.165, 1.54) is 12.4 Å². The molecule has 0 aliphatic carbocycles. The van der Waals surface area contributed by atoms with Gasteiger partial charge in [-0.05, 0) is 17.7 Å². The van der Waals surface area contributed by atoms with Crippen molar-refractivity contribution >= 4 is 15.7 Å². The monoisotopic (exact) mass is 349 g/mol. The van der Waals surface area contributed by atoms with Gasteiger partial charge < -0.3 is 0 Å². The van der Waals surface area contributed by atoms with Gasteiger partial charge in [0, 0.05) is 12.3 Å². The molecule has 0 unspecified atom stereocenters. The molecule has 2 aromatic carbocycles. The summed E-state index contributed by atoms with van der Waals surface area (Å²) < 4.78 is 54.6. The molecule has 0 atom stereocenters. The van der Waals surface area contributed by atoms with E-state index < -0.39 is 26.6 Å². The van der Waals surface area contributed by atoms with Crippen molar-refractivity contribution in [3.63, 3.8) is 0 Å². The van der Waals surface area contributed by atoms with E-state index in [-0.39, 0.29) is 5.69 Å². The quantitative estimate of drug-likeness (QED) is 0.770. The molecule has 124 valence electrons. The first-order valence-electron chi connectivity index (χ1n) is 6.98. The molecular formula is C16H13F2N3O2S. The number of halogens is 2. The van der Waals surface area contributed by atoms with Crippen molar-refractivity contribution in [3.05, 3.63) is 78.1 Å². The lowest BCUT2D eigenvalue weighted by Crippen LogP contribution is -2.13. The highest BCUT2D eigenvalue weighted by Gasteiger charge is 2.17. The van der Waals surface area contributed by atoms with Crippen LogP contribution in [0.15, 0.2) is 65.8 Å². The molecule has 0 saturated heterocycles. The smallest absolute Gasteiger partial charge is 0.262 e. The van der Waals surface area contributed by atoms with Gasteiger partial charge in [-0.3, -0.25) is 9.40 Å². The van der Waals surface area contributed by atoms with E-state index in [2.05, 4.69) is 9.82 Å². The maximum atomic E-state index is 13.2. The first-order valence-corrected chi connectivity index (χ1v) is 8.46. The summed E-state index contributed by atoms with van der Waals surface area (Å²) in [6, 6.07) is 11.6. The molecule has 8 heteroatoms. The third-order valence-electron chi connectivity index (χ3n) is 3.22. The molecule has 0 aliphatic rings. The van der Waals surface area contributed by atoms with Crippen LogP contribution in [0.3, 0.4) is 0 Å². The Morgan fingerprint density at radius 2 is 1.71 bits per heavy atom. The minimum absolute atomic E-state index is 0.204. The summed E-state index contributed by atoms with van der Waals surface area (Å²) in [6.07, 6.45) is 2.83. The van der Waals surface area contributed by atoms with Gasteiger partial charge in [0.2, 0.25) is 0 Å². The van der Waals surface area contributed by atoms with E-state index in [0.29, 0.717) is 12.6 Å². The maximum Gasteiger partial charge on any atom is 0.262 e. The zero-order valence-electron chi connectivity index (χ0n) is 12.4. The largest absolute Gasteiger partial charge is 0.276 e. The SMILES string of the molecule is O=S(=O)(Nc1cnn(Cc2ccccc2)c1)c1cc(F)cc(F)c1. The number of nitrogens with one attached hydrogen (secondary N) is 1. The Labute approximate surface area is 137 Å². The molecule has 3 rings (SSSR count). The van der Waals surface area contributed by atoms with Gasteiger partial charge in [0.05, 0.1) is 23.3 Å². The molecule has 1 aromatic heterocycles. The average molecular weight is 349 g/mol. The molecule has 0 spiro atoms. The van der Waals surface area contributed by atoms with E-state index >= 15 is 0 Å². The number of hydrogen-bond acceptors (Lipinski definition) is 3. The number of aromatic nitrogens is 2. The Balaban J connectivity index is 1.78. The minimum atomic E-state index is -4.10. The normalized spacial score (nSPS) is 11.4. The standard InChI is InChI=1S/C16H13F2N3O2S/c17-13-6-14(18)8-16(7-13)24(22,23)20-15-9-19-21(11-15)10-12-4-2-1-3-5-12/h1-9,11,20H,10H2. The topological polar surface area (TPSA) is 64.0 Å². The van der Waals surface area contributed by atoms with Crippen LogP contribution < -0.4 is 4.72 Å². The Bertz CT molecular complexity index is 936. The van der Waals surface area contributed by atoms with E-state index in [4.69, 9.17) is 0 Å². The van der Waals surface area contributed by atoms with Crippen LogP contribution in [0.2, 0.25) is 0 Å². The van der Waals surface area contributed by atoms with Crippen LogP contribution in [0.1, 0.15) is 5.56 Å². The van der Waals surface area contributed by atoms with E-state index in [1.807, 2.05) is 30.3 Å². The summed E-state index contributed by atoms with van der Waals surface area (Å²) in [5.41, 5.74) is 1.21. The summed E-state index contributed by atoms with van der Waals surface area (Å²) in [5.74, 6) is -1.93. The zero-order chi connectivity index (χ0) is 17.2. The number of benzene rings is 2. The summed E-state index contributed by atoms with van der Waals surface area (Å²) in [7, 11) is -4.10. The van der Waals surface area contributed by atoms with Gasteiger partial charge in [-0.25, -0.2) is 17.2 Å². The third kappa shape index (κ3) is 3.77. The highest BCUT2D eigenvalue weighted by atomic mass is 32.2. The number of hydrogen-bond donors (Lipinski definition) is 1. The molecule has 0 saturated carbocycles. The predicted octanol–water partition coefficient (Wildman–Crippen LogP) is 3.01. The Kier molecular flexibility index (Phi) is 4.30. The molecule has 0 fully saturated rings. The highest BCUT2D eigenvalue weighted by Crippen LogP contribution is 2.18. The van der Waals surface area contributed by atoms with Crippen molar-refractivity contribution in [1.29, 1.82) is 0 Å². The van der Waals surface area contributed by atoms with E-state index in [1.54, 1.807) is 4.68 Å². The molecular weight excluding hydrogens is 336 g/mol. The summed E-state index contributed by atoms with van der Waals surface area (Å²) in [6.45, 7) is 0.469. The summed E-state index contributed by atoms with van der Waals surface area (Å²) in [4.78, 5) is -0.490. The van der Waals surface area contributed by atoms with Crippen molar-refractivity contribution < 1.29 is 17.2 Å². The lowest BCUT2D eigenvalue weighted by atomic mass is 10.2. The van der Waals surface area contributed by atoms with Crippen LogP contribution in [0.5, 0.6) is 0 Å². The Morgan fingerprint density at radius 1 is 1.04 bits per heavy atom. The Hall–Kier alpha value is -2.74. The van der Waals surface area contributed by atoms with Crippen LogP contribution in [0, 0.1) is 11.6 Å².